The van der Waals surface area contributed by atoms with Gasteiger partial charge in [-0.05, 0) is 104 Å². The number of carbonyl (C=O) groups excluding carboxylic acids is 8. The van der Waals surface area contributed by atoms with Gasteiger partial charge in [0.2, 0.25) is 11.8 Å². The summed E-state index contributed by atoms with van der Waals surface area (Å²) in [5.74, 6) is -3.90. The minimum Gasteiger partial charge on any atom is -1.00 e. The van der Waals surface area contributed by atoms with Crippen LogP contribution in [0.2, 0.25) is 26.2 Å². The quantitative estimate of drug-likeness (QED) is 0.00919. The van der Waals surface area contributed by atoms with E-state index in [1.807, 2.05) is 100 Å². The Labute approximate surface area is 614 Å². The number of nitrogens with two attached hydrogens (primary N) is 2. The Balaban J connectivity index is 0.000000370. The molecule has 0 fully saturated rings. The molecule has 6 amide bonds. The molecule has 17 nitrogen and oxygen atoms in total. The van der Waals surface area contributed by atoms with E-state index in [1.165, 1.54) is 0 Å². The molecule has 8 rings (SSSR count). The fraction of sp³-hybridized carbons (Fsp3) is 0.405. The molecule has 4 atom stereocenters. The standard InChI is InChI=1S/C35H40IN3O5.C35H41N3O6.C4H12Si.HI.Na/c1-22(2)29(19-33(41)44-21-30-27-10-5-3-8-25(27)26-9-4-6-11-28(26)30)34(42)39-31(12-7-17-38-35(37)43)32(40)18-23-13-15-24(20-36)16-14-23;1-22(2)29(19-33(41)44-21-30-27-10-5-3-8-25(27)26-9-4-6-11-28(26)30)34(42)38-31(12-7-17-37-35(36)43)32(40)18-23-13-15-24(20-39)16-14-23;1-5(2,3)4;;/h3-6,8-11,13-16,22,29-31H,7,12,17-21H2,1-2H3,(H,39,42)(H3,37,38,43);3-6,8-11,13-16,22,29-31,39H,7,12,17-21H2,1-2H3,(H,38,42)(H3,36,37,43);1-4H3;1H;/q;;;;+1/p-1/t2*29-,31+;;;/m00.../s1. The van der Waals surface area contributed by atoms with Crippen molar-refractivity contribution in [3.05, 3.63) is 190 Å². The molecule has 504 valence electrons. The minimum absolute atomic E-state index is 0. The van der Waals surface area contributed by atoms with Gasteiger partial charge in [0.25, 0.3) is 0 Å². The molecular formula is C74H93I2N6NaO11Si. The summed E-state index contributed by atoms with van der Waals surface area (Å²) in [4.78, 5) is 102. The van der Waals surface area contributed by atoms with Crippen LogP contribution in [0.15, 0.2) is 146 Å². The average Bonchev–Trinajstić information content (AvgIpc) is 1.63. The predicted octanol–water partition coefficient (Wildman–Crippen LogP) is 5.89. The number of hydrogen-bond acceptors (Lipinski definition) is 11. The summed E-state index contributed by atoms with van der Waals surface area (Å²) in [6.07, 6.45) is 1.51. The van der Waals surface area contributed by atoms with Crippen molar-refractivity contribution in [2.45, 2.75) is 140 Å². The van der Waals surface area contributed by atoms with Crippen LogP contribution in [-0.2, 0) is 62.1 Å². The molecule has 0 spiro atoms. The number of nitrogens with one attached hydrogen (secondary N) is 4. The van der Waals surface area contributed by atoms with Gasteiger partial charge in [0.1, 0.15) is 13.2 Å². The van der Waals surface area contributed by atoms with Gasteiger partial charge in [-0.25, -0.2) is 9.59 Å². The van der Waals surface area contributed by atoms with Crippen molar-refractivity contribution in [2.75, 3.05) is 26.3 Å². The van der Waals surface area contributed by atoms with Crippen molar-refractivity contribution in [3.8, 4) is 22.3 Å². The van der Waals surface area contributed by atoms with E-state index in [4.69, 9.17) is 20.9 Å². The number of carbonyl (C=O) groups is 8. The first-order chi connectivity index (χ1) is 44.3. The van der Waals surface area contributed by atoms with Crippen molar-refractivity contribution in [3.63, 3.8) is 0 Å². The molecule has 95 heavy (non-hydrogen) atoms. The van der Waals surface area contributed by atoms with E-state index in [-0.39, 0.29) is 160 Å². The maximum Gasteiger partial charge on any atom is 1.00 e. The van der Waals surface area contributed by atoms with Gasteiger partial charge >= 0.3 is 53.6 Å². The van der Waals surface area contributed by atoms with Crippen LogP contribution in [0.3, 0.4) is 0 Å². The van der Waals surface area contributed by atoms with Gasteiger partial charge in [-0.1, -0.05) is 222 Å². The summed E-state index contributed by atoms with van der Waals surface area (Å²) in [6, 6.07) is 44.4. The monoisotopic (exact) mass is 1550 g/mol. The molecule has 0 radical (unpaired) electrons. The van der Waals surface area contributed by atoms with Crippen LogP contribution in [0.5, 0.6) is 0 Å². The fourth-order valence-electron chi connectivity index (χ4n) is 11.3. The number of halogens is 2. The topological polar surface area (TPSA) is 275 Å². The van der Waals surface area contributed by atoms with Crippen LogP contribution in [0.1, 0.15) is 123 Å². The van der Waals surface area contributed by atoms with Gasteiger partial charge in [-0.2, -0.15) is 0 Å². The summed E-state index contributed by atoms with van der Waals surface area (Å²) in [5, 5.41) is 20.1. The number of fused-ring (bicyclic) bond motifs is 6. The van der Waals surface area contributed by atoms with Crippen molar-refractivity contribution in [1.29, 1.82) is 0 Å². The number of urea groups is 2. The maximum absolute atomic E-state index is 13.5. The molecule has 2 aliphatic rings. The van der Waals surface area contributed by atoms with E-state index in [0.29, 0.717) is 19.3 Å². The molecule has 0 aliphatic heterocycles. The summed E-state index contributed by atoms with van der Waals surface area (Å²) >= 11 is 2.29. The number of aliphatic hydroxyl groups is 1. The molecule has 6 aromatic rings. The van der Waals surface area contributed by atoms with Crippen molar-refractivity contribution < 1.29 is 106 Å². The molecule has 0 saturated carbocycles. The fourth-order valence-corrected chi connectivity index (χ4v) is 11.9. The number of amides is 6. The normalized spacial score (nSPS) is 13.1. The largest absolute Gasteiger partial charge is 1.00 e. The van der Waals surface area contributed by atoms with E-state index >= 15 is 0 Å². The molecule has 0 aromatic heterocycles. The SMILES string of the molecule is CC(C)[C@H](CC(=O)OCC1c2ccccc2-c2ccccc21)C(=O)N[C@H](CCCNC(N)=O)C(=O)Cc1ccc(CI)cc1.CC(C)[C@H](CC(=O)OCC1c2ccccc2-c2ccccc21)C(=O)N[C@H](CCCNC(N)=O)C(=O)Cc1ccc(CO)cc1.C[Si](C)(C)C.[I-].[Na+]. The van der Waals surface area contributed by atoms with Crippen LogP contribution in [-0.4, -0.2) is 98.9 Å². The van der Waals surface area contributed by atoms with Gasteiger partial charge in [-0.3, -0.25) is 28.8 Å². The van der Waals surface area contributed by atoms with Crippen LogP contribution in [0, 0.1) is 23.7 Å². The first-order valence-electron chi connectivity index (χ1n) is 32.1. The summed E-state index contributed by atoms with van der Waals surface area (Å²) < 4.78 is 12.4. The molecule has 2 aliphatic carbocycles. The third-order valence-corrected chi connectivity index (χ3v) is 17.2. The molecule has 21 heteroatoms. The number of hydrogen-bond donors (Lipinski definition) is 7. The van der Waals surface area contributed by atoms with E-state index in [0.717, 1.165) is 71.2 Å². The van der Waals surface area contributed by atoms with Gasteiger partial charge in [0, 0.05) is 50.3 Å². The van der Waals surface area contributed by atoms with Gasteiger partial charge in [-0.15, -0.1) is 0 Å². The summed E-state index contributed by atoms with van der Waals surface area (Å²) in [5.41, 5.74) is 22.9. The zero-order chi connectivity index (χ0) is 67.8. The van der Waals surface area contributed by atoms with Crippen LogP contribution < -0.4 is 86.3 Å². The smallest absolute Gasteiger partial charge is 1.00 e. The van der Waals surface area contributed by atoms with Gasteiger partial charge in [0.15, 0.2) is 11.6 Å². The zero-order valence-corrected chi connectivity index (χ0v) is 63.6. The van der Waals surface area contributed by atoms with Crippen molar-refractivity contribution in [2.24, 2.45) is 35.1 Å². The second-order valence-corrected chi connectivity index (χ2v) is 32.9. The molecular weight excluding hydrogens is 1450 g/mol. The predicted molar refractivity (Wildman–Crippen MR) is 376 cm³/mol. The number of Topliss-reactive ketones (excluding diaryl/α,β-unsaturated/α-hetero) is 2. The average molecular weight is 1550 g/mol. The summed E-state index contributed by atoms with van der Waals surface area (Å²) in [6.45, 7) is 17.6. The van der Waals surface area contributed by atoms with E-state index in [9.17, 15) is 43.5 Å². The number of benzene rings is 6. The number of rotatable bonds is 30. The first kappa shape index (κ1) is 81.1. The third-order valence-electron chi connectivity index (χ3n) is 16.3. The number of esters is 2. The number of alkyl halides is 1. The Kier molecular flexibility index (Phi) is 34.5. The number of ketones is 2. The second-order valence-electron chi connectivity index (χ2n) is 26.1. The Bertz CT molecular complexity index is 3190. The number of primary amides is 2. The molecule has 9 N–H and O–H groups in total. The van der Waals surface area contributed by atoms with Crippen LogP contribution in [0.25, 0.3) is 22.3 Å². The molecule has 0 unspecified atom stereocenters. The van der Waals surface area contributed by atoms with Crippen molar-refractivity contribution in [1.82, 2.24) is 21.3 Å². The Hall–Kier alpha value is -6.28. The van der Waals surface area contributed by atoms with E-state index < -0.39 is 61.9 Å². The Morgan fingerprint density at radius 3 is 1.07 bits per heavy atom. The maximum atomic E-state index is 13.5. The van der Waals surface area contributed by atoms with Crippen LogP contribution >= 0.6 is 22.6 Å². The van der Waals surface area contributed by atoms with Crippen molar-refractivity contribution >= 4 is 78.0 Å². The molecule has 0 heterocycles. The number of aliphatic hydroxyl groups excluding tert-OH is 1. The second kappa shape index (κ2) is 40.4. The van der Waals surface area contributed by atoms with E-state index in [2.05, 4.69) is 119 Å². The van der Waals surface area contributed by atoms with E-state index in [1.54, 1.807) is 24.3 Å². The zero-order valence-electron chi connectivity index (χ0n) is 56.3. The number of ether oxygens (including phenoxy) is 2. The Morgan fingerprint density at radius 1 is 0.495 bits per heavy atom. The van der Waals surface area contributed by atoms with Gasteiger partial charge < -0.3 is 71.3 Å². The minimum atomic E-state index is -0.821. The molecule has 0 saturated heterocycles. The summed E-state index contributed by atoms with van der Waals surface area (Å²) in [7, 11) is -0.611. The van der Waals surface area contributed by atoms with Crippen LogP contribution in [0.4, 0.5) is 9.59 Å². The Morgan fingerprint density at radius 2 is 0.789 bits per heavy atom. The molecule has 0 bridgehead atoms. The first-order valence-corrected chi connectivity index (χ1v) is 37.6. The third kappa shape index (κ3) is 25.9. The van der Waals surface area contributed by atoms with Gasteiger partial charge in [0.05, 0.1) is 43.4 Å². The molecule has 6 aromatic carbocycles.